The summed E-state index contributed by atoms with van der Waals surface area (Å²) in [7, 11) is 1.86. The number of hydrogen-bond acceptors (Lipinski definition) is 4. The predicted octanol–water partition coefficient (Wildman–Crippen LogP) is 4.29. The van der Waals surface area contributed by atoms with Crippen LogP contribution in [0, 0.1) is 5.82 Å². The van der Waals surface area contributed by atoms with Crippen molar-refractivity contribution in [2.24, 2.45) is 0 Å². The monoisotopic (exact) mass is 356 g/mol. The Hall–Kier alpha value is -2.99. The Labute approximate surface area is 149 Å². The van der Waals surface area contributed by atoms with Crippen molar-refractivity contribution in [3.05, 3.63) is 77.1 Å². The van der Waals surface area contributed by atoms with E-state index in [4.69, 9.17) is 11.6 Å². The average molecular weight is 357 g/mol. The van der Waals surface area contributed by atoms with Gasteiger partial charge in [0.1, 0.15) is 5.82 Å². The van der Waals surface area contributed by atoms with Crippen LogP contribution in [0.2, 0.25) is 5.02 Å². The van der Waals surface area contributed by atoms with Crippen LogP contribution in [0.15, 0.2) is 60.7 Å². The highest BCUT2D eigenvalue weighted by Gasteiger charge is 2.16. The molecular weight excluding hydrogens is 343 g/mol. The van der Waals surface area contributed by atoms with Crippen LogP contribution in [-0.2, 0) is 0 Å². The third-order valence-corrected chi connectivity index (χ3v) is 3.88. The minimum Gasteiger partial charge on any atom is -0.328 e. The maximum atomic E-state index is 13.8. The van der Waals surface area contributed by atoms with Crippen LogP contribution < -0.4 is 10.2 Å². The van der Waals surface area contributed by atoms with Crippen molar-refractivity contribution in [3.63, 3.8) is 0 Å². The number of aromatic nitrogens is 2. The van der Waals surface area contributed by atoms with E-state index in [1.165, 1.54) is 18.2 Å². The van der Waals surface area contributed by atoms with Gasteiger partial charge in [-0.15, -0.1) is 10.2 Å². The van der Waals surface area contributed by atoms with Gasteiger partial charge in [-0.2, -0.15) is 0 Å². The van der Waals surface area contributed by atoms with Crippen molar-refractivity contribution in [1.82, 2.24) is 10.2 Å². The lowest BCUT2D eigenvalue weighted by Crippen LogP contribution is -2.17. The fraction of sp³-hybridized carbons (Fsp3) is 0.0556. The van der Waals surface area contributed by atoms with Gasteiger partial charge in [0.25, 0.3) is 5.91 Å². The van der Waals surface area contributed by atoms with Crippen LogP contribution in [0.5, 0.6) is 0 Å². The molecule has 1 amide bonds. The van der Waals surface area contributed by atoms with Gasteiger partial charge >= 0.3 is 0 Å². The molecule has 0 aliphatic heterocycles. The SMILES string of the molecule is CN(c1ccccc1)c1ccc(NC(=O)c2c(F)cccc2Cl)nn1. The first-order valence-electron chi connectivity index (χ1n) is 7.44. The Kier molecular flexibility index (Phi) is 4.90. The van der Waals surface area contributed by atoms with Crippen LogP contribution in [0.25, 0.3) is 0 Å². The number of nitrogens with one attached hydrogen (secondary N) is 1. The van der Waals surface area contributed by atoms with Gasteiger partial charge in [-0.05, 0) is 36.4 Å². The number of carbonyl (C=O) groups excluding carboxylic acids is 1. The Bertz CT molecular complexity index is 867. The Morgan fingerprint density at radius 2 is 1.80 bits per heavy atom. The van der Waals surface area contributed by atoms with E-state index in [1.807, 2.05) is 42.3 Å². The summed E-state index contributed by atoms with van der Waals surface area (Å²) in [6.07, 6.45) is 0. The lowest BCUT2D eigenvalue weighted by Gasteiger charge is -2.17. The molecule has 25 heavy (non-hydrogen) atoms. The molecule has 0 aliphatic rings. The molecule has 3 aromatic rings. The van der Waals surface area contributed by atoms with E-state index in [-0.39, 0.29) is 16.4 Å². The zero-order valence-corrected chi connectivity index (χ0v) is 14.0. The van der Waals surface area contributed by atoms with Gasteiger partial charge in [-0.1, -0.05) is 35.9 Å². The first kappa shape index (κ1) is 16.9. The summed E-state index contributed by atoms with van der Waals surface area (Å²) in [5.74, 6) is -0.567. The summed E-state index contributed by atoms with van der Waals surface area (Å²) in [4.78, 5) is 14.0. The van der Waals surface area contributed by atoms with Crippen LogP contribution in [0.3, 0.4) is 0 Å². The van der Waals surface area contributed by atoms with Gasteiger partial charge in [0.15, 0.2) is 11.6 Å². The number of benzene rings is 2. The third kappa shape index (κ3) is 3.75. The van der Waals surface area contributed by atoms with Gasteiger partial charge in [-0.3, -0.25) is 4.79 Å². The molecule has 3 rings (SSSR count). The fourth-order valence-electron chi connectivity index (χ4n) is 2.25. The maximum absolute atomic E-state index is 13.8. The molecule has 0 saturated heterocycles. The largest absolute Gasteiger partial charge is 0.328 e. The number of nitrogens with zero attached hydrogens (tertiary/aromatic N) is 3. The zero-order valence-electron chi connectivity index (χ0n) is 13.3. The minimum atomic E-state index is -0.696. The van der Waals surface area contributed by atoms with E-state index in [1.54, 1.807) is 12.1 Å². The average Bonchev–Trinajstić information content (AvgIpc) is 2.62. The van der Waals surface area contributed by atoms with Crippen LogP contribution in [-0.4, -0.2) is 23.2 Å². The number of anilines is 3. The summed E-state index contributed by atoms with van der Waals surface area (Å²) in [5, 5.41) is 10.6. The molecule has 5 nitrogen and oxygen atoms in total. The second-order valence-electron chi connectivity index (χ2n) is 5.22. The molecule has 0 spiro atoms. The van der Waals surface area contributed by atoms with Gasteiger partial charge in [0.2, 0.25) is 0 Å². The van der Waals surface area contributed by atoms with Crippen molar-refractivity contribution in [2.75, 3.05) is 17.3 Å². The molecule has 126 valence electrons. The summed E-state index contributed by atoms with van der Waals surface area (Å²) in [6, 6.07) is 17.0. The highest BCUT2D eigenvalue weighted by atomic mass is 35.5. The topological polar surface area (TPSA) is 58.1 Å². The molecule has 7 heteroatoms. The minimum absolute atomic E-state index is 0.0332. The summed E-state index contributed by atoms with van der Waals surface area (Å²) >= 11 is 5.88. The first-order valence-corrected chi connectivity index (χ1v) is 7.82. The molecule has 2 aromatic carbocycles. The zero-order chi connectivity index (χ0) is 17.8. The molecule has 0 unspecified atom stereocenters. The molecule has 0 bridgehead atoms. The maximum Gasteiger partial charge on any atom is 0.261 e. The van der Waals surface area contributed by atoms with E-state index in [0.29, 0.717) is 5.82 Å². The number of carbonyl (C=O) groups is 1. The standard InChI is InChI=1S/C18H14ClFN4O/c1-24(12-6-3-2-4-7-12)16-11-10-15(22-23-16)21-18(25)17-13(19)8-5-9-14(17)20/h2-11H,1H3,(H,21,22,25). The first-order chi connectivity index (χ1) is 12.1. The van der Waals surface area contributed by atoms with Gasteiger partial charge in [0.05, 0.1) is 10.6 Å². The van der Waals surface area contributed by atoms with E-state index >= 15 is 0 Å². The fourth-order valence-corrected chi connectivity index (χ4v) is 2.50. The second-order valence-corrected chi connectivity index (χ2v) is 5.63. The normalized spacial score (nSPS) is 10.4. The number of para-hydroxylation sites is 1. The molecule has 0 fully saturated rings. The van der Waals surface area contributed by atoms with Crippen molar-refractivity contribution in [1.29, 1.82) is 0 Å². The molecular formula is C18H14ClFN4O. The Balaban J connectivity index is 1.76. The third-order valence-electron chi connectivity index (χ3n) is 3.57. The van der Waals surface area contributed by atoms with E-state index in [9.17, 15) is 9.18 Å². The molecule has 0 aliphatic carbocycles. The van der Waals surface area contributed by atoms with Crippen LogP contribution in [0.1, 0.15) is 10.4 Å². The van der Waals surface area contributed by atoms with Crippen molar-refractivity contribution in [2.45, 2.75) is 0 Å². The highest BCUT2D eigenvalue weighted by molar-refractivity contribution is 6.34. The summed E-state index contributed by atoms with van der Waals surface area (Å²) in [6.45, 7) is 0. The van der Waals surface area contributed by atoms with E-state index < -0.39 is 11.7 Å². The molecule has 1 aromatic heterocycles. The molecule has 0 saturated carbocycles. The highest BCUT2D eigenvalue weighted by Crippen LogP contribution is 2.22. The molecule has 0 atom stereocenters. The van der Waals surface area contributed by atoms with E-state index in [2.05, 4.69) is 15.5 Å². The van der Waals surface area contributed by atoms with Crippen LogP contribution in [0.4, 0.5) is 21.7 Å². The lowest BCUT2D eigenvalue weighted by molar-refractivity contribution is 0.102. The summed E-state index contributed by atoms with van der Waals surface area (Å²) < 4.78 is 13.8. The number of amides is 1. The number of halogens is 2. The van der Waals surface area contributed by atoms with Crippen molar-refractivity contribution >= 4 is 34.8 Å². The van der Waals surface area contributed by atoms with Crippen molar-refractivity contribution in [3.8, 4) is 0 Å². The van der Waals surface area contributed by atoms with Crippen LogP contribution >= 0.6 is 11.6 Å². The number of rotatable bonds is 4. The molecule has 1 N–H and O–H groups in total. The Morgan fingerprint density at radius 1 is 1.04 bits per heavy atom. The van der Waals surface area contributed by atoms with Gasteiger partial charge < -0.3 is 10.2 Å². The second kappa shape index (κ2) is 7.27. The molecule has 1 heterocycles. The summed E-state index contributed by atoms with van der Waals surface area (Å²) in [5.41, 5.74) is 0.725. The number of hydrogen-bond donors (Lipinski definition) is 1. The van der Waals surface area contributed by atoms with Crippen molar-refractivity contribution < 1.29 is 9.18 Å². The van der Waals surface area contributed by atoms with Gasteiger partial charge in [-0.25, -0.2) is 4.39 Å². The smallest absolute Gasteiger partial charge is 0.261 e. The van der Waals surface area contributed by atoms with E-state index in [0.717, 1.165) is 5.69 Å². The van der Waals surface area contributed by atoms with Gasteiger partial charge in [0, 0.05) is 12.7 Å². The predicted molar refractivity (Wildman–Crippen MR) is 95.9 cm³/mol. The lowest BCUT2D eigenvalue weighted by atomic mass is 10.2. The molecule has 0 radical (unpaired) electrons. The quantitative estimate of drug-likeness (QED) is 0.757. The Morgan fingerprint density at radius 3 is 2.44 bits per heavy atom.